The van der Waals surface area contributed by atoms with Gasteiger partial charge in [0.2, 0.25) is 0 Å². The van der Waals surface area contributed by atoms with Crippen molar-refractivity contribution in [3.8, 4) is 0 Å². The van der Waals surface area contributed by atoms with Gasteiger partial charge in [-0.2, -0.15) is 0 Å². The molecule has 1 atom stereocenters. The number of carbonyl (C=O) groups excluding carboxylic acids is 1. The van der Waals surface area contributed by atoms with Crippen molar-refractivity contribution in [3.05, 3.63) is 35.6 Å². The van der Waals surface area contributed by atoms with Crippen LogP contribution in [0.1, 0.15) is 24.2 Å². The van der Waals surface area contributed by atoms with Gasteiger partial charge in [0.15, 0.2) is 0 Å². The fourth-order valence-corrected chi connectivity index (χ4v) is 1.34. The number of aliphatic carboxylic acids is 1. The number of benzene rings is 1. The molecule has 17 heavy (non-hydrogen) atoms. The highest BCUT2D eigenvalue weighted by Gasteiger charge is 2.23. The lowest BCUT2D eigenvalue weighted by atomic mass is 10.0. The Balaban J connectivity index is 2.77. The first-order chi connectivity index (χ1) is 7.91. The Morgan fingerprint density at radius 1 is 1.24 bits per heavy atom. The van der Waals surface area contributed by atoms with Gasteiger partial charge in [0.25, 0.3) is 5.91 Å². The number of rotatable bonds is 4. The average molecular weight is 239 g/mol. The summed E-state index contributed by atoms with van der Waals surface area (Å²) >= 11 is 0. The molecule has 1 aromatic carbocycles. The zero-order chi connectivity index (χ0) is 13.0. The minimum Gasteiger partial charge on any atom is -0.480 e. The lowest BCUT2D eigenvalue weighted by Gasteiger charge is -2.17. The number of carboxylic acid groups (broad SMARTS) is 1. The first-order valence-electron chi connectivity index (χ1n) is 5.21. The van der Waals surface area contributed by atoms with Crippen LogP contribution in [0, 0.1) is 11.7 Å². The Hall–Kier alpha value is -1.91. The quantitative estimate of drug-likeness (QED) is 0.839. The Bertz CT molecular complexity index is 414. The van der Waals surface area contributed by atoms with E-state index in [0.29, 0.717) is 0 Å². The zero-order valence-electron chi connectivity index (χ0n) is 9.61. The predicted octanol–water partition coefficient (Wildman–Crippen LogP) is 1.66. The molecule has 2 N–H and O–H groups in total. The van der Waals surface area contributed by atoms with Crippen LogP contribution in [0.15, 0.2) is 24.3 Å². The molecule has 0 aliphatic rings. The van der Waals surface area contributed by atoms with E-state index < -0.39 is 23.7 Å². The summed E-state index contributed by atoms with van der Waals surface area (Å²) in [6.45, 7) is 3.40. The van der Waals surface area contributed by atoms with Gasteiger partial charge >= 0.3 is 5.97 Å². The van der Waals surface area contributed by atoms with Crippen LogP contribution in [-0.4, -0.2) is 23.0 Å². The summed E-state index contributed by atoms with van der Waals surface area (Å²) in [6, 6.07) is 3.97. The summed E-state index contributed by atoms with van der Waals surface area (Å²) in [5.41, 5.74) is 0.235. The lowest BCUT2D eigenvalue weighted by molar-refractivity contribution is -0.140. The van der Waals surface area contributed by atoms with Crippen LogP contribution in [-0.2, 0) is 4.79 Å². The van der Waals surface area contributed by atoms with Crippen molar-refractivity contribution in [1.82, 2.24) is 5.32 Å². The molecule has 92 valence electrons. The second-order valence-corrected chi connectivity index (χ2v) is 4.04. The Morgan fingerprint density at radius 2 is 1.76 bits per heavy atom. The molecule has 0 spiro atoms. The van der Waals surface area contributed by atoms with Crippen molar-refractivity contribution >= 4 is 11.9 Å². The van der Waals surface area contributed by atoms with Crippen molar-refractivity contribution in [2.45, 2.75) is 19.9 Å². The van der Waals surface area contributed by atoms with Crippen LogP contribution in [0.25, 0.3) is 0 Å². The van der Waals surface area contributed by atoms with Crippen molar-refractivity contribution in [3.63, 3.8) is 0 Å². The van der Waals surface area contributed by atoms with E-state index in [1.807, 2.05) is 0 Å². The standard InChI is InChI=1S/C12H14FNO3/c1-7(2)10(12(16)17)14-11(15)8-3-5-9(13)6-4-8/h3-7,10H,1-2H3,(H,14,15)(H,16,17)/t10-/m0/s1. The van der Waals surface area contributed by atoms with Crippen LogP contribution in [0.3, 0.4) is 0 Å². The van der Waals surface area contributed by atoms with Crippen molar-refractivity contribution < 1.29 is 19.1 Å². The number of carbonyl (C=O) groups is 2. The number of halogens is 1. The highest BCUT2D eigenvalue weighted by atomic mass is 19.1. The Kier molecular flexibility index (Phi) is 4.20. The fourth-order valence-electron chi connectivity index (χ4n) is 1.34. The number of hydrogen-bond donors (Lipinski definition) is 2. The van der Waals surface area contributed by atoms with E-state index in [2.05, 4.69) is 5.32 Å². The second kappa shape index (κ2) is 5.43. The first-order valence-corrected chi connectivity index (χ1v) is 5.21. The lowest BCUT2D eigenvalue weighted by Crippen LogP contribution is -2.44. The SMILES string of the molecule is CC(C)[C@H](NC(=O)c1ccc(F)cc1)C(=O)O. The zero-order valence-corrected chi connectivity index (χ0v) is 9.61. The molecular formula is C12H14FNO3. The van der Waals surface area contributed by atoms with E-state index >= 15 is 0 Å². The summed E-state index contributed by atoms with van der Waals surface area (Å²) in [6.07, 6.45) is 0. The van der Waals surface area contributed by atoms with Crippen LogP contribution >= 0.6 is 0 Å². The molecule has 1 amide bonds. The smallest absolute Gasteiger partial charge is 0.326 e. The van der Waals surface area contributed by atoms with Crippen LogP contribution in [0.5, 0.6) is 0 Å². The number of nitrogens with one attached hydrogen (secondary N) is 1. The Morgan fingerprint density at radius 3 is 2.18 bits per heavy atom. The maximum absolute atomic E-state index is 12.6. The molecule has 1 rings (SSSR count). The third kappa shape index (κ3) is 3.55. The predicted molar refractivity (Wildman–Crippen MR) is 60.1 cm³/mol. The van der Waals surface area contributed by atoms with Gasteiger partial charge in [-0.05, 0) is 30.2 Å². The van der Waals surface area contributed by atoms with Crippen molar-refractivity contribution in [2.24, 2.45) is 5.92 Å². The van der Waals surface area contributed by atoms with Crippen LogP contribution in [0.2, 0.25) is 0 Å². The van der Waals surface area contributed by atoms with E-state index in [1.165, 1.54) is 12.1 Å². The van der Waals surface area contributed by atoms with Gasteiger partial charge in [0, 0.05) is 5.56 Å². The molecule has 0 bridgehead atoms. The van der Waals surface area contributed by atoms with E-state index in [1.54, 1.807) is 13.8 Å². The number of carboxylic acids is 1. The van der Waals surface area contributed by atoms with E-state index in [-0.39, 0.29) is 11.5 Å². The van der Waals surface area contributed by atoms with Gasteiger partial charge in [-0.25, -0.2) is 9.18 Å². The van der Waals surface area contributed by atoms with E-state index in [0.717, 1.165) is 12.1 Å². The minimum absolute atomic E-state index is 0.225. The van der Waals surface area contributed by atoms with Crippen molar-refractivity contribution in [1.29, 1.82) is 0 Å². The van der Waals surface area contributed by atoms with E-state index in [9.17, 15) is 14.0 Å². The average Bonchev–Trinajstić information content (AvgIpc) is 2.25. The van der Waals surface area contributed by atoms with Gasteiger partial charge in [0.1, 0.15) is 11.9 Å². The Labute approximate surface area is 98.5 Å². The summed E-state index contributed by atoms with van der Waals surface area (Å²) < 4.78 is 12.6. The highest BCUT2D eigenvalue weighted by molar-refractivity contribution is 5.96. The molecular weight excluding hydrogens is 225 g/mol. The van der Waals surface area contributed by atoms with Gasteiger partial charge in [0.05, 0.1) is 0 Å². The fraction of sp³-hybridized carbons (Fsp3) is 0.333. The summed E-state index contributed by atoms with van der Waals surface area (Å²) in [7, 11) is 0. The molecule has 0 heterocycles. The van der Waals surface area contributed by atoms with Crippen LogP contribution in [0.4, 0.5) is 4.39 Å². The monoisotopic (exact) mass is 239 g/mol. The molecule has 0 aliphatic heterocycles. The number of amides is 1. The second-order valence-electron chi connectivity index (χ2n) is 4.04. The first kappa shape index (κ1) is 13.2. The normalized spacial score (nSPS) is 12.2. The minimum atomic E-state index is -1.09. The van der Waals surface area contributed by atoms with E-state index in [4.69, 9.17) is 5.11 Å². The third-order valence-corrected chi connectivity index (χ3v) is 2.33. The van der Waals surface area contributed by atoms with Gasteiger partial charge in [-0.1, -0.05) is 13.8 Å². The van der Waals surface area contributed by atoms with Gasteiger partial charge < -0.3 is 10.4 Å². The third-order valence-electron chi connectivity index (χ3n) is 2.33. The molecule has 5 heteroatoms. The maximum atomic E-state index is 12.6. The molecule has 0 unspecified atom stereocenters. The molecule has 0 aromatic heterocycles. The summed E-state index contributed by atoms with van der Waals surface area (Å²) in [5, 5.41) is 11.3. The van der Waals surface area contributed by atoms with Gasteiger partial charge in [-0.15, -0.1) is 0 Å². The highest BCUT2D eigenvalue weighted by Crippen LogP contribution is 2.06. The largest absolute Gasteiger partial charge is 0.480 e. The number of hydrogen-bond acceptors (Lipinski definition) is 2. The molecule has 1 aromatic rings. The molecule has 0 radical (unpaired) electrons. The molecule has 4 nitrogen and oxygen atoms in total. The molecule has 0 saturated heterocycles. The molecule has 0 aliphatic carbocycles. The summed E-state index contributed by atoms with van der Waals surface area (Å²) in [5.74, 6) is -2.28. The summed E-state index contributed by atoms with van der Waals surface area (Å²) in [4.78, 5) is 22.6. The molecule has 0 fully saturated rings. The maximum Gasteiger partial charge on any atom is 0.326 e. The van der Waals surface area contributed by atoms with Gasteiger partial charge in [-0.3, -0.25) is 4.79 Å². The van der Waals surface area contributed by atoms with Crippen LogP contribution < -0.4 is 5.32 Å². The molecule has 0 saturated carbocycles. The topological polar surface area (TPSA) is 66.4 Å². The van der Waals surface area contributed by atoms with Crippen molar-refractivity contribution in [2.75, 3.05) is 0 Å².